The fraction of sp³-hybridized carbons (Fsp3) is 0.367. The molecule has 2 aromatic heterocycles. The van der Waals surface area contributed by atoms with Crippen molar-refractivity contribution in [2.75, 3.05) is 18.1 Å². The third-order valence-electron chi connectivity index (χ3n) is 7.23. The number of rotatable bonds is 10. The van der Waals surface area contributed by atoms with E-state index in [0.29, 0.717) is 30.4 Å². The van der Waals surface area contributed by atoms with Crippen molar-refractivity contribution in [2.24, 2.45) is 0 Å². The highest BCUT2D eigenvalue weighted by Gasteiger charge is 2.31. The van der Waals surface area contributed by atoms with Gasteiger partial charge >= 0.3 is 0 Å². The third kappa shape index (κ3) is 6.04. The summed E-state index contributed by atoms with van der Waals surface area (Å²) >= 11 is 1.41. The predicted molar refractivity (Wildman–Crippen MR) is 158 cm³/mol. The predicted octanol–water partition coefficient (Wildman–Crippen LogP) is 6.28. The second-order valence-electron chi connectivity index (χ2n) is 9.83. The van der Waals surface area contributed by atoms with Gasteiger partial charge in [0.05, 0.1) is 28.3 Å². The quantitative estimate of drug-likeness (QED) is 0.220. The number of amides is 1. The number of hydrogen-bond acceptors (Lipinski definition) is 7. The molecular weight excluding hydrogens is 544 g/mol. The Hall–Kier alpha value is -3.34. The van der Waals surface area contributed by atoms with Gasteiger partial charge in [0, 0.05) is 30.5 Å². The van der Waals surface area contributed by atoms with Crippen LogP contribution in [0.4, 0.5) is 5.13 Å². The molecule has 0 bridgehead atoms. The number of carbonyl (C=O) groups is 1. The second-order valence-corrected chi connectivity index (χ2v) is 12.7. The van der Waals surface area contributed by atoms with Gasteiger partial charge in [-0.25, -0.2) is 13.4 Å². The van der Waals surface area contributed by atoms with Crippen molar-refractivity contribution in [3.8, 4) is 5.75 Å². The molecule has 1 fully saturated rings. The number of fused-ring (bicyclic) bond motifs is 1. The minimum atomic E-state index is -3.66. The Kier molecular flexibility index (Phi) is 8.78. The lowest BCUT2D eigenvalue weighted by atomic mass is 9.95. The third-order valence-corrected chi connectivity index (χ3v) is 10.3. The molecule has 0 spiro atoms. The van der Waals surface area contributed by atoms with E-state index in [9.17, 15) is 13.2 Å². The fourth-order valence-electron chi connectivity index (χ4n) is 5.22. The number of nitrogens with zero attached hydrogens (tertiary/aromatic N) is 4. The van der Waals surface area contributed by atoms with Crippen molar-refractivity contribution in [2.45, 2.75) is 63.4 Å². The summed E-state index contributed by atoms with van der Waals surface area (Å²) in [5.41, 5.74) is 2.07. The molecule has 2 aromatic carbocycles. The van der Waals surface area contributed by atoms with Gasteiger partial charge in [0.15, 0.2) is 5.13 Å². The van der Waals surface area contributed by atoms with E-state index < -0.39 is 10.0 Å². The maximum Gasteiger partial charge on any atom is 0.260 e. The first-order valence-corrected chi connectivity index (χ1v) is 16.0. The normalized spacial score (nSPS) is 14.5. The highest BCUT2D eigenvalue weighted by molar-refractivity contribution is 7.89. The van der Waals surface area contributed by atoms with Gasteiger partial charge in [0.1, 0.15) is 5.75 Å². The van der Waals surface area contributed by atoms with Crippen molar-refractivity contribution < 1.29 is 17.9 Å². The van der Waals surface area contributed by atoms with Crippen LogP contribution in [-0.4, -0.2) is 47.8 Å². The Morgan fingerprint density at radius 2 is 1.73 bits per heavy atom. The van der Waals surface area contributed by atoms with Gasteiger partial charge in [-0.3, -0.25) is 14.7 Å². The first-order valence-electron chi connectivity index (χ1n) is 13.8. The molecule has 210 valence electrons. The molecule has 0 radical (unpaired) electrons. The molecule has 0 aliphatic heterocycles. The van der Waals surface area contributed by atoms with Gasteiger partial charge in [-0.1, -0.05) is 37.5 Å². The highest BCUT2D eigenvalue weighted by Crippen LogP contribution is 2.33. The molecule has 8 nitrogen and oxygen atoms in total. The van der Waals surface area contributed by atoms with E-state index in [1.54, 1.807) is 45.9 Å². The molecule has 1 saturated carbocycles. The molecular formula is C30H34N4O4S2. The van der Waals surface area contributed by atoms with Gasteiger partial charge < -0.3 is 4.74 Å². The van der Waals surface area contributed by atoms with Crippen LogP contribution < -0.4 is 9.64 Å². The first-order chi connectivity index (χ1) is 19.4. The smallest absolute Gasteiger partial charge is 0.260 e. The Labute approximate surface area is 239 Å². The van der Waals surface area contributed by atoms with Crippen LogP contribution in [0, 0.1) is 0 Å². The zero-order valence-corrected chi connectivity index (χ0v) is 24.5. The van der Waals surface area contributed by atoms with Crippen LogP contribution in [-0.2, 0) is 16.6 Å². The summed E-state index contributed by atoms with van der Waals surface area (Å²) in [7, 11) is -3.66. The van der Waals surface area contributed by atoms with Crippen LogP contribution in [0.5, 0.6) is 5.75 Å². The monoisotopic (exact) mass is 578 g/mol. The van der Waals surface area contributed by atoms with E-state index >= 15 is 0 Å². The van der Waals surface area contributed by atoms with Crippen molar-refractivity contribution in [1.82, 2.24) is 14.3 Å². The molecule has 4 aromatic rings. The molecule has 5 rings (SSSR count). The number of sulfonamides is 1. The zero-order chi connectivity index (χ0) is 28.1. The van der Waals surface area contributed by atoms with E-state index in [1.165, 1.54) is 11.3 Å². The number of anilines is 1. The van der Waals surface area contributed by atoms with Gasteiger partial charge in [-0.15, -0.1) is 0 Å². The molecule has 0 N–H and O–H groups in total. The maximum absolute atomic E-state index is 13.9. The number of thiazole rings is 1. The van der Waals surface area contributed by atoms with Crippen LogP contribution in [0.3, 0.4) is 0 Å². The molecule has 0 saturated heterocycles. The number of benzene rings is 2. The largest absolute Gasteiger partial charge is 0.494 e. The molecule has 1 aliphatic carbocycles. The summed E-state index contributed by atoms with van der Waals surface area (Å²) in [4.78, 5) is 24.6. The molecule has 40 heavy (non-hydrogen) atoms. The van der Waals surface area contributed by atoms with Crippen LogP contribution in [0.2, 0.25) is 0 Å². The molecule has 0 unspecified atom stereocenters. The second kappa shape index (κ2) is 12.4. The van der Waals surface area contributed by atoms with Gasteiger partial charge in [-0.2, -0.15) is 4.31 Å². The molecule has 2 heterocycles. The van der Waals surface area contributed by atoms with Gasteiger partial charge in [0.2, 0.25) is 10.0 Å². The Bertz CT molecular complexity index is 1550. The minimum Gasteiger partial charge on any atom is -0.494 e. The molecule has 1 aliphatic rings. The molecule has 10 heteroatoms. The zero-order valence-electron chi connectivity index (χ0n) is 22.8. The van der Waals surface area contributed by atoms with E-state index in [-0.39, 0.29) is 16.8 Å². The molecule has 1 amide bonds. The Balaban J connectivity index is 1.45. The Morgan fingerprint density at radius 1 is 1.00 bits per heavy atom. The van der Waals surface area contributed by atoms with E-state index in [0.717, 1.165) is 53.6 Å². The summed E-state index contributed by atoms with van der Waals surface area (Å²) in [5, 5.41) is 0.552. The van der Waals surface area contributed by atoms with Crippen LogP contribution in [0.25, 0.3) is 10.2 Å². The first kappa shape index (κ1) is 28.2. The summed E-state index contributed by atoms with van der Waals surface area (Å²) in [5.74, 6) is 0.493. The van der Waals surface area contributed by atoms with Crippen molar-refractivity contribution in [3.05, 3.63) is 78.1 Å². The van der Waals surface area contributed by atoms with Crippen LogP contribution >= 0.6 is 11.3 Å². The number of carbonyl (C=O) groups excluding carboxylic acids is 1. The summed E-state index contributed by atoms with van der Waals surface area (Å²) in [6.07, 6.45) is 8.42. The number of pyridine rings is 1. The van der Waals surface area contributed by atoms with Crippen LogP contribution in [0.1, 0.15) is 61.9 Å². The van der Waals surface area contributed by atoms with Gasteiger partial charge in [0.25, 0.3) is 5.91 Å². The topological polar surface area (TPSA) is 92.7 Å². The number of aromatic nitrogens is 2. The van der Waals surface area contributed by atoms with E-state index in [1.807, 2.05) is 44.2 Å². The van der Waals surface area contributed by atoms with Crippen molar-refractivity contribution >= 4 is 42.6 Å². The lowest BCUT2D eigenvalue weighted by molar-refractivity contribution is 0.0985. The van der Waals surface area contributed by atoms with Crippen molar-refractivity contribution in [1.29, 1.82) is 0 Å². The SMILES string of the molecule is CCOc1ccc2nc(N(Cc3ccncc3)C(=O)c3ccc(S(=O)(=O)N(CC)C4CCCCC4)cc3)sc2c1. The maximum atomic E-state index is 13.9. The lowest BCUT2D eigenvalue weighted by Gasteiger charge is -2.32. The fourth-order valence-corrected chi connectivity index (χ4v) is 7.90. The van der Waals surface area contributed by atoms with Gasteiger partial charge in [-0.05, 0) is 79.9 Å². The summed E-state index contributed by atoms with van der Waals surface area (Å²) < 4.78 is 35.2. The van der Waals surface area contributed by atoms with E-state index in [4.69, 9.17) is 9.72 Å². The lowest BCUT2D eigenvalue weighted by Crippen LogP contribution is -2.41. The highest BCUT2D eigenvalue weighted by atomic mass is 32.2. The van der Waals surface area contributed by atoms with Crippen LogP contribution in [0.15, 0.2) is 71.9 Å². The summed E-state index contributed by atoms with van der Waals surface area (Å²) in [6.45, 7) is 5.10. The molecule has 0 atom stereocenters. The summed E-state index contributed by atoms with van der Waals surface area (Å²) in [6, 6.07) is 15.7. The average molecular weight is 579 g/mol. The average Bonchev–Trinajstić information content (AvgIpc) is 3.40. The Morgan fingerprint density at radius 3 is 2.40 bits per heavy atom. The van der Waals surface area contributed by atoms with Crippen molar-refractivity contribution in [3.63, 3.8) is 0 Å². The standard InChI is InChI=1S/C30H34N4O4S2/c1-3-34(24-8-6-5-7-9-24)40(36,37)26-13-10-23(11-14-26)29(35)33(21-22-16-18-31-19-17-22)30-32-27-15-12-25(38-4-2)20-28(27)39-30/h10-20,24H,3-9,21H2,1-2H3. The van der Waals surface area contributed by atoms with E-state index in [2.05, 4.69) is 4.98 Å². The number of hydrogen-bond donors (Lipinski definition) is 0. The minimum absolute atomic E-state index is 0.0307. The number of ether oxygens (including phenoxy) is 1.